The standard InChI is InChI=1S/C14H11FN4O2/c1-7-6-8(2-3-10(7)15)17-13(20)9-4-5-16-12-11(9)18-14(21)19-12/h2-6H,1H3,(H,17,20)(H2,16,18,19,21). The lowest BCUT2D eigenvalue weighted by atomic mass is 10.2. The first kappa shape index (κ1) is 13.0. The smallest absolute Gasteiger partial charge is 0.322 e. The highest BCUT2D eigenvalue weighted by molar-refractivity contribution is 6.10. The number of H-pyrrole nitrogens is 2. The summed E-state index contributed by atoms with van der Waals surface area (Å²) >= 11 is 0. The van der Waals surface area contributed by atoms with E-state index in [9.17, 15) is 14.0 Å². The van der Waals surface area contributed by atoms with Crippen molar-refractivity contribution in [1.29, 1.82) is 0 Å². The van der Waals surface area contributed by atoms with Gasteiger partial charge in [0.15, 0.2) is 5.65 Å². The van der Waals surface area contributed by atoms with Gasteiger partial charge in [-0.15, -0.1) is 0 Å². The van der Waals surface area contributed by atoms with E-state index >= 15 is 0 Å². The molecule has 2 aromatic heterocycles. The van der Waals surface area contributed by atoms with Gasteiger partial charge in [0.2, 0.25) is 0 Å². The molecule has 0 saturated carbocycles. The molecular formula is C14H11FN4O2. The number of carbonyl (C=O) groups excluding carboxylic acids is 1. The maximum absolute atomic E-state index is 13.2. The lowest BCUT2D eigenvalue weighted by Crippen LogP contribution is -2.13. The topological polar surface area (TPSA) is 90.6 Å². The van der Waals surface area contributed by atoms with E-state index in [2.05, 4.69) is 20.3 Å². The number of pyridine rings is 1. The van der Waals surface area contributed by atoms with Crippen LogP contribution in [0.3, 0.4) is 0 Å². The SMILES string of the molecule is Cc1cc(NC(=O)c2ccnc3[nH]c(=O)[nH]c23)ccc1F. The number of fused-ring (bicyclic) bond motifs is 1. The van der Waals surface area contributed by atoms with Gasteiger partial charge in [-0.05, 0) is 36.8 Å². The molecule has 3 rings (SSSR count). The van der Waals surface area contributed by atoms with Gasteiger partial charge in [-0.25, -0.2) is 14.2 Å². The van der Waals surface area contributed by atoms with E-state index < -0.39 is 11.6 Å². The van der Waals surface area contributed by atoms with Crippen LogP contribution < -0.4 is 11.0 Å². The second-order valence-corrected chi connectivity index (χ2v) is 4.58. The van der Waals surface area contributed by atoms with Gasteiger partial charge in [-0.1, -0.05) is 0 Å². The van der Waals surface area contributed by atoms with Crippen molar-refractivity contribution in [3.05, 3.63) is 57.9 Å². The first-order valence-electron chi connectivity index (χ1n) is 6.19. The van der Waals surface area contributed by atoms with E-state index in [0.29, 0.717) is 22.4 Å². The van der Waals surface area contributed by atoms with Crippen LogP contribution in [0.15, 0.2) is 35.3 Å². The van der Waals surface area contributed by atoms with E-state index in [4.69, 9.17) is 0 Å². The fourth-order valence-corrected chi connectivity index (χ4v) is 2.05. The van der Waals surface area contributed by atoms with Crippen molar-refractivity contribution in [3.63, 3.8) is 0 Å². The normalized spacial score (nSPS) is 10.8. The molecular weight excluding hydrogens is 275 g/mol. The third kappa shape index (κ3) is 2.40. The van der Waals surface area contributed by atoms with Gasteiger partial charge in [0, 0.05) is 11.9 Å². The summed E-state index contributed by atoms with van der Waals surface area (Å²) < 4.78 is 13.2. The predicted molar refractivity (Wildman–Crippen MR) is 75.8 cm³/mol. The Balaban J connectivity index is 1.97. The van der Waals surface area contributed by atoms with Crippen LogP contribution in [0.4, 0.5) is 10.1 Å². The number of aryl methyl sites for hydroxylation is 1. The van der Waals surface area contributed by atoms with Crippen molar-refractivity contribution in [3.8, 4) is 0 Å². The van der Waals surface area contributed by atoms with E-state index in [1.54, 1.807) is 6.92 Å². The van der Waals surface area contributed by atoms with E-state index in [0.717, 1.165) is 0 Å². The molecule has 0 radical (unpaired) electrons. The number of rotatable bonds is 2. The molecule has 0 aliphatic carbocycles. The molecule has 21 heavy (non-hydrogen) atoms. The minimum Gasteiger partial charge on any atom is -0.322 e. The second-order valence-electron chi connectivity index (χ2n) is 4.58. The summed E-state index contributed by atoms with van der Waals surface area (Å²) in [6, 6.07) is 5.78. The van der Waals surface area contributed by atoms with Crippen LogP contribution in [0, 0.1) is 12.7 Å². The summed E-state index contributed by atoms with van der Waals surface area (Å²) in [5.74, 6) is -0.752. The number of aromatic nitrogens is 3. The number of aromatic amines is 2. The molecule has 6 nitrogen and oxygen atoms in total. The number of imidazole rings is 1. The van der Waals surface area contributed by atoms with Gasteiger partial charge in [0.25, 0.3) is 5.91 Å². The van der Waals surface area contributed by atoms with Gasteiger partial charge >= 0.3 is 5.69 Å². The predicted octanol–water partition coefficient (Wildman–Crippen LogP) is 1.95. The van der Waals surface area contributed by atoms with Crippen LogP contribution in [-0.2, 0) is 0 Å². The lowest BCUT2D eigenvalue weighted by Gasteiger charge is -2.07. The Morgan fingerprint density at radius 1 is 1.29 bits per heavy atom. The maximum Gasteiger partial charge on any atom is 0.325 e. The molecule has 0 aliphatic rings. The van der Waals surface area contributed by atoms with Crippen molar-refractivity contribution in [1.82, 2.24) is 15.0 Å². The van der Waals surface area contributed by atoms with Crippen molar-refractivity contribution >= 4 is 22.8 Å². The highest BCUT2D eigenvalue weighted by atomic mass is 19.1. The number of hydrogen-bond acceptors (Lipinski definition) is 3. The highest BCUT2D eigenvalue weighted by Crippen LogP contribution is 2.16. The molecule has 0 fully saturated rings. The number of anilines is 1. The average molecular weight is 286 g/mol. The first-order chi connectivity index (χ1) is 10.0. The van der Waals surface area contributed by atoms with Crippen molar-refractivity contribution < 1.29 is 9.18 Å². The zero-order valence-corrected chi connectivity index (χ0v) is 11.0. The average Bonchev–Trinajstić information content (AvgIpc) is 2.82. The van der Waals surface area contributed by atoms with Crippen LogP contribution in [0.1, 0.15) is 15.9 Å². The van der Waals surface area contributed by atoms with Gasteiger partial charge in [0.05, 0.1) is 11.1 Å². The molecule has 0 spiro atoms. The molecule has 7 heteroatoms. The Morgan fingerprint density at radius 2 is 2.10 bits per heavy atom. The second kappa shape index (κ2) is 4.86. The van der Waals surface area contributed by atoms with Gasteiger partial charge < -0.3 is 10.3 Å². The molecule has 1 aromatic carbocycles. The maximum atomic E-state index is 13.2. The zero-order chi connectivity index (χ0) is 15.0. The summed E-state index contributed by atoms with van der Waals surface area (Å²) in [4.78, 5) is 32.5. The molecule has 3 N–H and O–H groups in total. The van der Waals surface area contributed by atoms with Crippen LogP contribution in [-0.4, -0.2) is 20.9 Å². The Morgan fingerprint density at radius 3 is 2.86 bits per heavy atom. The van der Waals surface area contributed by atoms with E-state index in [-0.39, 0.29) is 11.4 Å². The number of carbonyl (C=O) groups is 1. The fourth-order valence-electron chi connectivity index (χ4n) is 2.05. The fraction of sp³-hybridized carbons (Fsp3) is 0.0714. The van der Waals surface area contributed by atoms with Gasteiger partial charge in [-0.3, -0.25) is 9.78 Å². The summed E-state index contributed by atoms with van der Waals surface area (Å²) in [5.41, 5.74) is 1.39. The quantitative estimate of drug-likeness (QED) is 0.672. The highest BCUT2D eigenvalue weighted by Gasteiger charge is 2.13. The molecule has 0 aliphatic heterocycles. The lowest BCUT2D eigenvalue weighted by molar-refractivity contribution is 0.102. The van der Waals surface area contributed by atoms with Gasteiger partial charge in [0.1, 0.15) is 5.82 Å². The monoisotopic (exact) mass is 286 g/mol. The van der Waals surface area contributed by atoms with Gasteiger partial charge in [-0.2, -0.15) is 0 Å². The van der Waals surface area contributed by atoms with Crippen molar-refractivity contribution in [2.24, 2.45) is 0 Å². The van der Waals surface area contributed by atoms with Crippen LogP contribution in [0.25, 0.3) is 11.2 Å². The summed E-state index contributed by atoms with van der Waals surface area (Å²) in [5, 5.41) is 2.66. The van der Waals surface area contributed by atoms with Crippen LogP contribution in [0.5, 0.6) is 0 Å². The number of amides is 1. The molecule has 0 bridgehead atoms. The molecule has 0 atom stereocenters. The Hall–Kier alpha value is -2.96. The Bertz CT molecular complexity index is 897. The third-order valence-corrected chi connectivity index (χ3v) is 3.08. The number of benzene rings is 1. The number of halogens is 1. The molecule has 0 unspecified atom stereocenters. The van der Waals surface area contributed by atoms with E-state index in [1.165, 1.54) is 30.5 Å². The van der Waals surface area contributed by atoms with Crippen LogP contribution >= 0.6 is 0 Å². The van der Waals surface area contributed by atoms with Crippen molar-refractivity contribution in [2.45, 2.75) is 6.92 Å². The molecule has 3 aromatic rings. The molecule has 2 heterocycles. The van der Waals surface area contributed by atoms with Crippen molar-refractivity contribution in [2.75, 3.05) is 5.32 Å². The third-order valence-electron chi connectivity index (χ3n) is 3.08. The first-order valence-corrected chi connectivity index (χ1v) is 6.19. The zero-order valence-electron chi connectivity index (χ0n) is 11.0. The molecule has 1 amide bonds. The summed E-state index contributed by atoms with van der Waals surface area (Å²) in [6.07, 6.45) is 1.43. The number of hydrogen-bond donors (Lipinski definition) is 3. The minimum absolute atomic E-state index is 0.278. The minimum atomic E-state index is -0.435. The number of nitrogens with zero attached hydrogens (tertiary/aromatic N) is 1. The molecule has 106 valence electrons. The molecule has 0 saturated heterocycles. The number of nitrogens with one attached hydrogen (secondary N) is 3. The Labute approximate surface area is 118 Å². The Kier molecular flexibility index (Phi) is 3.02. The summed E-state index contributed by atoms with van der Waals surface area (Å²) in [7, 11) is 0. The largest absolute Gasteiger partial charge is 0.325 e. The van der Waals surface area contributed by atoms with Crippen LogP contribution in [0.2, 0.25) is 0 Å². The summed E-state index contributed by atoms with van der Waals surface area (Å²) in [6.45, 7) is 1.61. The van der Waals surface area contributed by atoms with E-state index in [1.807, 2.05) is 0 Å².